The van der Waals surface area contributed by atoms with Gasteiger partial charge in [0.1, 0.15) is 5.75 Å². The SMILES string of the molecule is C=CC1=C(C=C)C(C(/C=C\C)=C(\C)C=C)(c2ccc(O)cc2)NC1. The minimum atomic E-state index is -0.538. The zero-order chi connectivity index (χ0) is 17.7. The second-order valence-corrected chi connectivity index (χ2v) is 5.80. The average molecular weight is 319 g/mol. The molecule has 0 fully saturated rings. The first-order chi connectivity index (χ1) is 11.5. The van der Waals surface area contributed by atoms with Crippen LogP contribution in [0.2, 0.25) is 0 Å². The van der Waals surface area contributed by atoms with E-state index in [-0.39, 0.29) is 5.75 Å². The quantitative estimate of drug-likeness (QED) is 0.728. The highest BCUT2D eigenvalue weighted by Crippen LogP contribution is 2.45. The lowest BCUT2D eigenvalue weighted by molar-refractivity contribution is 0.473. The zero-order valence-electron chi connectivity index (χ0n) is 14.5. The molecule has 0 aliphatic carbocycles. The van der Waals surface area contributed by atoms with Crippen molar-refractivity contribution in [3.63, 3.8) is 0 Å². The predicted octanol–water partition coefficient (Wildman–Crippen LogP) is 4.94. The molecule has 1 aliphatic rings. The van der Waals surface area contributed by atoms with E-state index in [4.69, 9.17) is 0 Å². The number of rotatable bonds is 6. The predicted molar refractivity (Wildman–Crippen MR) is 103 cm³/mol. The van der Waals surface area contributed by atoms with Gasteiger partial charge in [0.2, 0.25) is 0 Å². The van der Waals surface area contributed by atoms with Crippen LogP contribution in [0.25, 0.3) is 0 Å². The Morgan fingerprint density at radius 3 is 2.33 bits per heavy atom. The van der Waals surface area contributed by atoms with E-state index in [0.717, 1.165) is 27.9 Å². The van der Waals surface area contributed by atoms with Gasteiger partial charge in [-0.3, -0.25) is 5.32 Å². The molecular formula is C22H25NO. The molecule has 1 aliphatic heterocycles. The summed E-state index contributed by atoms with van der Waals surface area (Å²) in [6.07, 6.45) is 9.77. The fraction of sp³-hybridized carbons (Fsp3) is 0.182. The van der Waals surface area contributed by atoms with E-state index in [0.29, 0.717) is 6.54 Å². The van der Waals surface area contributed by atoms with Crippen LogP contribution in [0.15, 0.2) is 96.7 Å². The van der Waals surface area contributed by atoms with Gasteiger partial charge >= 0.3 is 0 Å². The number of nitrogens with one attached hydrogen (secondary N) is 1. The lowest BCUT2D eigenvalue weighted by Crippen LogP contribution is -2.41. The van der Waals surface area contributed by atoms with Crippen LogP contribution in [-0.2, 0) is 5.54 Å². The maximum atomic E-state index is 9.69. The molecule has 0 saturated carbocycles. The molecule has 24 heavy (non-hydrogen) atoms. The van der Waals surface area contributed by atoms with Crippen molar-refractivity contribution in [3.05, 3.63) is 102 Å². The Bertz CT molecular complexity index is 747. The lowest BCUT2D eigenvalue weighted by Gasteiger charge is -2.35. The van der Waals surface area contributed by atoms with E-state index >= 15 is 0 Å². The smallest absolute Gasteiger partial charge is 0.115 e. The number of benzene rings is 1. The molecule has 1 unspecified atom stereocenters. The van der Waals surface area contributed by atoms with Gasteiger partial charge in [-0.1, -0.05) is 62.2 Å². The molecule has 1 atom stereocenters. The van der Waals surface area contributed by atoms with Crippen LogP contribution in [0.3, 0.4) is 0 Å². The highest BCUT2D eigenvalue weighted by atomic mass is 16.3. The highest BCUT2D eigenvalue weighted by molar-refractivity contribution is 5.61. The third-order valence-electron chi connectivity index (χ3n) is 4.51. The molecule has 0 radical (unpaired) electrons. The largest absolute Gasteiger partial charge is 0.508 e. The van der Waals surface area contributed by atoms with Gasteiger partial charge in [0.15, 0.2) is 0 Å². The summed E-state index contributed by atoms with van der Waals surface area (Å²) in [5.41, 5.74) is 4.90. The van der Waals surface area contributed by atoms with E-state index in [1.165, 1.54) is 0 Å². The molecule has 2 rings (SSSR count). The molecule has 1 aromatic rings. The average Bonchev–Trinajstić information content (AvgIpc) is 2.98. The molecule has 0 bridgehead atoms. The molecule has 0 spiro atoms. The molecule has 124 valence electrons. The van der Waals surface area contributed by atoms with Crippen molar-refractivity contribution in [1.29, 1.82) is 0 Å². The van der Waals surface area contributed by atoms with E-state index in [1.807, 2.05) is 43.4 Å². The molecule has 0 saturated heterocycles. The Labute approximate surface area is 144 Å². The van der Waals surface area contributed by atoms with Crippen LogP contribution in [0.1, 0.15) is 19.4 Å². The summed E-state index contributed by atoms with van der Waals surface area (Å²) < 4.78 is 0. The lowest BCUT2D eigenvalue weighted by atomic mass is 9.75. The van der Waals surface area contributed by atoms with Crippen molar-refractivity contribution in [1.82, 2.24) is 5.32 Å². The van der Waals surface area contributed by atoms with Gasteiger partial charge < -0.3 is 5.11 Å². The Hall–Kier alpha value is -2.58. The fourth-order valence-corrected chi connectivity index (χ4v) is 3.32. The van der Waals surface area contributed by atoms with Gasteiger partial charge in [0.05, 0.1) is 5.54 Å². The zero-order valence-corrected chi connectivity index (χ0v) is 14.5. The van der Waals surface area contributed by atoms with E-state index in [9.17, 15) is 5.11 Å². The minimum absolute atomic E-state index is 0.247. The molecule has 0 aromatic heterocycles. The molecule has 2 nitrogen and oxygen atoms in total. The van der Waals surface area contributed by atoms with Crippen molar-refractivity contribution in [2.45, 2.75) is 19.4 Å². The van der Waals surface area contributed by atoms with Crippen LogP contribution in [-0.4, -0.2) is 11.7 Å². The van der Waals surface area contributed by atoms with Gasteiger partial charge in [-0.25, -0.2) is 0 Å². The summed E-state index contributed by atoms with van der Waals surface area (Å²) >= 11 is 0. The number of hydrogen-bond donors (Lipinski definition) is 2. The summed E-state index contributed by atoms with van der Waals surface area (Å²) in [5, 5.41) is 13.3. The van der Waals surface area contributed by atoms with Crippen LogP contribution in [0.5, 0.6) is 5.75 Å². The third kappa shape index (κ3) is 2.81. The maximum absolute atomic E-state index is 9.69. The van der Waals surface area contributed by atoms with Gasteiger partial charge in [-0.15, -0.1) is 0 Å². The Morgan fingerprint density at radius 1 is 1.17 bits per heavy atom. The first-order valence-corrected chi connectivity index (χ1v) is 8.04. The summed E-state index contributed by atoms with van der Waals surface area (Å²) in [6.45, 7) is 16.7. The molecule has 0 amide bonds. The van der Waals surface area contributed by atoms with Crippen molar-refractivity contribution in [2.24, 2.45) is 0 Å². The Morgan fingerprint density at radius 2 is 1.83 bits per heavy atom. The van der Waals surface area contributed by atoms with Crippen LogP contribution >= 0.6 is 0 Å². The van der Waals surface area contributed by atoms with Crippen molar-refractivity contribution in [2.75, 3.05) is 6.54 Å². The van der Waals surface area contributed by atoms with Crippen molar-refractivity contribution >= 4 is 0 Å². The monoisotopic (exact) mass is 319 g/mol. The number of aromatic hydroxyl groups is 1. The first-order valence-electron chi connectivity index (χ1n) is 8.04. The fourth-order valence-electron chi connectivity index (χ4n) is 3.32. The Kier molecular flexibility index (Phi) is 5.42. The molecule has 1 aromatic carbocycles. The summed E-state index contributed by atoms with van der Waals surface area (Å²) in [6, 6.07) is 7.30. The number of hydrogen-bond acceptors (Lipinski definition) is 2. The molecule has 2 heteroatoms. The standard InChI is InChI=1S/C22H25NO/c1-6-10-21(16(5)7-2)22(18-11-13-19(24)14-12-18)20(9-4)17(8-3)15-23-22/h6-14,23-24H,2-4,15H2,1,5H3/b10-6-,21-16+. The number of allylic oxidation sites excluding steroid dienone is 3. The summed E-state index contributed by atoms with van der Waals surface area (Å²) in [4.78, 5) is 0. The second kappa shape index (κ2) is 7.33. The third-order valence-corrected chi connectivity index (χ3v) is 4.51. The van der Waals surface area contributed by atoms with Crippen molar-refractivity contribution < 1.29 is 5.11 Å². The van der Waals surface area contributed by atoms with Gasteiger partial charge in [0, 0.05) is 6.54 Å². The maximum Gasteiger partial charge on any atom is 0.115 e. The summed E-state index contributed by atoms with van der Waals surface area (Å²) in [5.74, 6) is 0.247. The first kappa shape index (κ1) is 17.8. The number of phenolic OH excluding ortho intramolecular Hbond substituents is 1. The summed E-state index contributed by atoms with van der Waals surface area (Å²) in [7, 11) is 0. The van der Waals surface area contributed by atoms with Gasteiger partial charge in [0.25, 0.3) is 0 Å². The van der Waals surface area contributed by atoms with Crippen LogP contribution in [0, 0.1) is 0 Å². The highest BCUT2D eigenvalue weighted by Gasteiger charge is 2.43. The van der Waals surface area contributed by atoms with Crippen LogP contribution in [0.4, 0.5) is 0 Å². The van der Waals surface area contributed by atoms with E-state index in [1.54, 1.807) is 12.1 Å². The normalized spacial score (nSPS) is 21.8. The number of phenols is 1. The van der Waals surface area contributed by atoms with E-state index < -0.39 is 5.54 Å². The second-order valence-electron chi connectivity index (χ2n) is 5.80. The molecule has 2 N–H and O–H groups in total. The van der Waals surface area contributed by atoms with E-state index in [2.05, 4.69) is 38.1 Å². The van der Waals surface area contributed by atoms with Gasteiger partial charge in [-0.05, 0) is 53.8 Å². The Balaban J connectivity index is 2.88. The molecular weight excluding hydrogens is 294 g/mol. The molecule has 1 heterocycles. The van der Waals surface area contributed by atoms with Crippen LogP contribution < -0.4 is 5.32 Å². The van der Waals surface area contributed by atoms with Crippen molar-refractivity contribution in [3.8, 4) is 5.75 Å². The minimum Gasteiger partial charge on any atom is -0.508 e. The topological polar surface area (TPSA) is 32.3 Å². The van der Waals surface area contributed by atoms with Gasteiger partial charge in [-0.2, -0.15) is 0 Å².